The van der Waals surface area contributed by atoms with Gasteiger partial charge in [-0.05, 0) is 13.0 Å². The molecule has 0 aliphatic heterocycles. The first-order valence-corrected chi connectivity index (χ1v) is 4.77. The van der Waals surface area contributed by atoms with Crippen LogP contribution in [0.15, 0.2) is 18.2 Å². The molecule has 0 radical (unpaired) electrons. The number of nitro benzene ring substituents is 1. The Labute approximate surface area is 93.1 Å². The van der Waals surface area contributed by atoms with Crippen LogP contribution in [-0.4, -0.2) is 24.7 Å². The second kappa shape index (κ2) is 5.32. The Morgan fingerprint density at radius 1 is 1.56 bits per heavy atom. The Balaban J connectivity index is 3.05. The van der Waals surface area contributed by atoms with Crippen LogP contribution in [0, 0.1) is 10.1 Å². The summed E-state index contributed by atoms with van der Waals surface area (Å²) in [6, 6.07) is 4.33. The van der Waals surface area contributed by atoms with Crippen LogP contribution < -0.4 is 15.2 Å². The van der Waals surface area contributed by atoms with Crippen LogP contribution >= 0.6 is 0 Å². The molecule has 0 saturated heterocycles. The maximum atomic E-state index is 10.7. The third kappa shape index (κ3) is 2.83. The van der Waals surface area contributed by atoms with Crippen molar-refractivity contribution in [2.75, 3.05) is 13.7 Å². The summed E-state index contributed by atoms with van der Waals surface area (Å²) >= 11 is 0. The van der Waals surface area contributed by atoms with E-state index in [4.69, 9.17) is 15.2 Å². The highest BCUT2D eigenvalue weighted by molar-refractivity contribution is 5.50. The minimum absolute atomic E-state index is 0.0962. The monoisotopic (exact) mass is 226 g/mol. The van der Waals surface area contributed by atoms with Crippen LogP contribution in [-0.2, 0) is 0 Å². The lowest BCUT2D eigenvalue weighted by molar-refractivity contribution is -0.386. The molecule has 1 unspecified atom stereocenters. The Morgan fingerprint density at radius 3 is 2.75 bits per heavy atom. The number of nitrogens with two attached hydrogens (primary N) is 1. The summed E-state index contributed by atoms with van der Waals surface area (Å²) in [6.45, 7) is 2.03. The third-order valence-electron chi connectivity index (χ3n) is 2.02. The number of nitrogens with zero attached hydrogens (tertiary/aromatic N) is 1. The molecular weight excluding hydrogens is 212 g/mol. The Kier molecular flexibility index (Phi) is 4.07. The molecule has 6 nitrogen and oxygen atoms in total. The lowest BCUT2D eigenvalue weighted by atomic mass is 10.2. The first-order valence-electron chi connectivity index (χ1n) is 4.77. The van der Waals surface area contributed by atoms with Gasteiger partial charge in [0.1, 0.15) is 11.9 Å². The van der Waals surface area contributed by atoms with E-state index in [9.17, 15) is 10.1 Å². The molecule has 0 amide bonds. The highest BCUT2D eigenvalue weighted by Gasteiger charge is 2.17. The number of hydrogen-bond acceptors (Lipinski definition) is 5. The van der Waals surface area contributed by atoms with Crippen LogP contribution in [0.2, 0.25) is 0 Å². The summed E-state index contributed by atoms with van der Waals surface area (Å²) in [5.74, 6) is 0.673. The minimum Gasteiger partial charge on any atom is -0.497 e. The van der Waals surface area contributed by atoms with Crippen LogP contribution in [0.3, 0.4) is 0 Å². The average molecular weight is 226 g/mol. The summed E-state index contributed by atoms with van der Waals surface area (Å²) in [4.78, 5) is 10.2. The second-order valence-electron chi connectivity index (χ2n) is 3.25. The van der Waals surface area contributed by atoms with Crippen molar-refractivity contribution in [2.45, 2.75) is 13.0 Å². The third-order valence-corrected chi connectivity index (χ3v) is 2.02. The molecule has 0 heterocycles. The smallest absolute Gasteiger partial charge is 0.311 e. The summed E-state index contributed by atoms with van der Waals surface area (Å²) < 4.78 is 10.3. The Bertz CT molecular complexity index is 381. The largest absolute Gasteiger partial charge is 0.497 e. The van der Waals surface area contributed by atoms with Crippen molar-refractivity contribution in [3.63, 3.8) is 0 Å². The molecule has 1 atom stereocenters. The first-order chi connectivity index (χ1) is 7.58. The van der Waals surface area contributed by atoms with E-state index in [1.165, 1.54) is 25.3 Å². The number of ether oxygens (including phenoxy) is 2. The van der Waals surface area contributed by atoms with Gasteiger partial charge in [-0.1, -0.05) is 0 Å². The van der Waals surface area contributed by atoms with E-state index in [0.29, 0.717) is 5.75 Å². The second-order valence-corrected chi connectivity index (χ2v) is 3.25. The fourth-order valence-corrected chi connectivity index (χ4v) is 1.13. The molecule has 0 bridgehead atoms. The number of nitro groups is 1. The highest BCUT2D eigenvalue weighted by Crippen LogP contribution is 2.31. The van der Waals surface area contributed by atoms with Crippen LogP contribution in [0.5, 0.6) is 11.5 Å². The molecule has 0 spiro atoms. The van der Waals surface area contributed by atoms with Crippen molar-refractivity contribution in [1.29, 1.82) is 0 Å². The molecular formula is C10H14N2O4. The number of benzene rings is 1. The highest BCUT2D eigenvalue weighted by atomic mass is 16.6. The predicted octanol–water partition coefficient (Wildman–Crippen LogP) is 1.33. The molecule has 0 saturated carbocycles. The van der Waals surface area contributed by atoms with E-state index in [-0.39, 0.29) is 24.1 Å². The molecule has 0 aliphatic carbocycles. The van der Waals surface area contributed by atoms with Gasteiger partial charge in [-0.2, -0.15) is 0 Å². The van der Waals surface area contributed by atoms with Gasteiger partial charge >= 0.3 is 5.69 Å². The molecule has 1 aromatic carbocycles. The van der Waals surface area contributed by atoms with Crippen molar-refractivity contribution in [3.05, 3.63) is 28.3 Å². The topological polar surface area (TPSA) is 87.6 Å². The van der Waals surface area contributed by atoms with Gasteiger partial charge in [0.25, 0.3) is 0 Å². The zero-order valence-corrected chi connectivity index (χ0v) is 9.17. The van der Waals surface area contributed by atoms with Gasteiger partial charge in [-0.25, -0.2) is 0 Å². The lowest BCUT2D eigenvalue weighted by Gasteiger charge is -2.13. The fraction of sp³-hybridized carbons (Fsp3) is 0.400. The van der Waals surface area contributed by atoms with Gasteiger partial charge in [0, 0.05) is 18.7 Å². The van der Waals surface area contributed by atoms with Gasteiger partial charge in [0.2, 0.25) is 5.75 Å². The predicted molar refractivity (Wildman–Crippen MR) is 58.8 cm³/mol. The Morgan fingerprint density at radius 2 is 2.25 bits per heavy atom. The summed E-state index contributed by atoms with van der Waals surface area (Å²) in [5.41, 5.74) is 5.29. The van der Waals surface area contributed by atoms with Gasteiger partial charge in [0.15, 0.2) is 0 Å². The molecule has 88 valence electrons. The van der Waals surface area contributed by atoms with Gasteiger partial charge in [-0.15, -0.1) is 0 Å². The minimum atomic E-state index is -0.502. The molecule has 0 fully saturated rings. The van der Waals surface area contributed by atoms with Crippen molar-refractivity contribution in [3.8, 4) is 11.5 Å². The zero-order valence-electron chi connectivity index (χ0n) is 9.17. The first kappa shape index (κ1) is 12.3. The summed E-state index contributed by atoms with van der Waals surface area (Å²) in [6.07, 6.45) is -0.286. The van der Waals surface area contributed by atoms with E-state index < -0.39 is 4.92 Å². The fourth-order valence-electron chi connectivity index (χ4n) is 1.13. The van der Waals surface area contributed by atoms with Gasteiger partial charge in [0.05, 0.1) is 12.0 Å². The lowest BCUT2D eigenvalue weighted by Crippen LogP contribution is -2.23. The van der Waals surface area contributed by atoms with Crippen LogP contribution in [0.1, 0.15) is 6.92 Å². The molecule has 0 aromatic heterocycles. The maximum absolute atomic E-state index is 10.7. The summed E-state index contributed by atoms with van der Waals surface area (Å²) in [7, 11) is 1.48. The number of methoxy groups -OCH3 is 1. The maximum Gasteiger partial charge on any atom is 0.311 e. The number of hydrogen-bond donors (Lipinski definition) is 1. The average Bonchev–Trinajstić information content (AvgIpc) is 2.28. The molecule has 6 heteroatoms. The zero-order chi connectivity index (χ0) is 12.1. The van der Waals surface area contributed by atoms with E-state index in [0.717, 1.165) is 0 Å². The van der Waals surface area contributed by atoms with E-state index in [2.05, 4.69) is 0 Å². The molecule has 16 heavy (non-hydrogen) atoms. The van der Waals surface area contributed by atoms with Crippen molar-refractivity contribution >= 4 is 5.69 Å². The van der Waals surface area contributed by atoms with E-state index >= 15 is 0 Å². The van der Waals surface area contributed by atoms with Gasteiger partial charge in [-0.3, -0.25) is 10.1 Å². The molecule has 0 aliphatic rings. The van der Waals surface area contributed by atoms with Crippen molar-refractivity contribution < 1.29 is 14.4 Å². The molecule has 1 aromatic rings. The van der Waals surface area contributed by atoms with E-state index in [1.54, 1.807) is 6.92 Å². The number of rotatable bonds is 5. The molecule has 2 N–H and O–H groups in total. The molecule has 1 rings (SSSR count). The van der Waals surface area contributed by atoms with Gasteiger partial charge < -0.3 is 15.2 Å². The summed E-state index contributed by atoms with van der Waals surface area (Å²) in [5, 5.41) is 10.7. The van der Waals surface area contributed by atoms with Crippen molar-refractivity contribution in [2.24, 2.45) is 5.73 Å². The standard InChI is InChI=1S/C10H14N2O4/c1-7(6-11)16-10-5-8(15-2)3-4-9(10)12(13)14/h3-5,7H,6,11H2,1-2H3. The Hall–Kier alpha value is -1.82. The van der Waals surface area contributed by atoms with Crippen molar-refractivity contribution in [1.82, 2.24) is 0 Å². The quantitative estimate of drug-likeness (QED) is 0.604. The van der Waals surface area contributed by atoms with E-state index in [1.807, 2.05) is 0 Å². The SMILES string of the molecule is COc1ccc([N+](=O)[O-])c(OC(C)CN)c1. The van der Waals surface area contributed by atoms with Crippen LogP contribution in [0.4, 0.5) is 5.69 Å². The van der Waals surface area contributed by atoms with Crippen LogP contribution in [0.25, 0.3) is 0 Å². The normalized spacial score (nSPS) is 11.9.